The van der Waals surface area contributed by atoms with E-state index in [0.29, 0.717) is 12.5 Å². The summed E-state index contributed by atoms with van der Waals surface area (Å²) < 4.78 is 17.1. The van der Waals surface area contributed by atoms with Crippen molar-refractivity contribution in [3.8, 4) is 5.88 Å². The Kier molecular flexibility index (Phi) is 5.86. The number of ether oxygens (including phenoxy) is 3. The first kappa shape index (κ1) is 18.0. The van der Waals surface area contributed by atoms with E-state index in [9.17, 15) is 4.79 Å². The number of halogens is 1. The van der Waals surface area contributed by atoms with E-state index in [0.717, 1.165) is 23.0 Å². The molecule has 0 aromatic carbocycles. The number of nitrogens with one attached hydrogen (secondary N) is 1. The van der Waals surface area contributed by atoms with Gasteiger partial charge in [-0.05, 0) is 39.7 Å². The molecule has 1 aromatic rings. The van der Waals surface area contributed by atoms with Crippen LogP contribution < -0.4 is 10.1 Å². The molecule has 1 aliphatic rings. The van der Waals surface area contributed by atoms with Crippen LogP contribution >= 0.6 is 15.9 Å². The van der Waals surface area contributed by atoms with Crippen LogP contribution in [0.25, 0.3) is 0 Å². The second-order valence-electron chi connectivity index (χ2n) is 6.50. The summed E-state index contributed by atoms with van der Waals surface area (Å²) >= 11 is 3.42. The van der Waals surface area contributed by atoms with Crippen molar-refractivity contribution >= 4 is 22.0 Å². The Morgan fingerprint density at radius 2 is 2.13 bits per heavy atom. The Bertz CT molecular complexity index is 560. The van der Waals surface area contributed by atoms with Crippen molar-refractivity contribution in [1.82, 2.24) is 10.3 Å². The first-order chi connectivity index (χ1) is 10.8. The smallest absolute Gasteiger partial charge is 0.407 e. The molecule has 1 heterocycles. The van der Waals surface area contributed by atoms with Crippen molar-refractivity contribution in [3.05, 3.63) is 22.3 Å². The molecule has 0 spiro atoms. The molecule has 128 valence electrons. The van der Waals surface area contributed by atoms with Gasteiger partial charge >= 0.3 is 6.09 Å². The highest BCUT2D eigenvalue weighted by Gasteiger charge is 2.34. The highest BCUT2D eigenvalue weighted by Crippen LogP contribution is 2.26. The van der Waals surface area contributed by atoms with E-state index in [2.05, 4.69) is 26.2 Å². The van der Waals surface area contributed by atoms with Gasteiger partial charge in [0.2, 0.25) is 5.88 Å². The molecule has 1 saturated carbocycles. The minimum atomic E-state index is -0.499. The number of hydrogen-bond donors (Lipinski definition) is 1. The zero-order chi connectivity index (χ0) is 17.0. The van der Waals surface area contributed by atoms with Gasteiger partial charge in [-0.3, -0.25) is 0 Å². The predicted octanol–water partition coefficient (Wildman–Crippen LogP) is 3.43. The largest absolute Gasteiger partial charge is 0.481 e. The molecular weight excluding hydrogens is 364 g/mol. The molecule has 2 rings (SSSR count). The molecule has 23 heavy (non-hydrogen) atoms. The van der Waals surface area contributed by atoms with Crippen molar-refractivity contribution in [2.45, 2.75) is 58.0 Å². The van der Waals surface area contributed by atoms with E-state index in [1.54, 1.807) is 13.2 Å². The van der Waals surface area contributed by atoms with E-state index in [1.165, 1.54) is 0 Å². The van der Waals surface area contributed by atoms with Gasteiger partial charge in [0.05, 0.1) is 31.6 Å². The fraction of sp³-hybridized carbons (Fsp3) is 0.625. The van der Waals surface area contributed by atoms with Gasteiger partial charge in [0.25, 0.3) is 0 Å². The molecule has 1 amide bonds. The fourth-order valence-corrected chi connectivity index (χ4v) is 2.65. The van der Waals surface area contributed by atoms with Crippen molar-refractivity contribution in [2.75, 3.05) is 7.11 Å². The van der Waals surface area contributed by atoms with Gasteiger partial charge in [-0.1, -0.05) is 15.9 Å². The molecular formula is C16H23BrN2O4. The lowest BCUT2D eigenvalue weighted by molar-refractivity contribution is -0.0402. The number of rotatable bonds is 5. The van der Waals surface area contributed by atoms with Crippen LogP contribution in [-0.2, 0) is 16.1 Å². The summed E-state index contributed by atoms with van der Waals surface area (Å²) in [6.45, 7) is 5.89. The van der Waals surface area contributed by atoms with Gasteiger partial charge in [0.15, 0.2) is 0 Å². The molecule has 1 aromatic heterocycles. The van der Waals surface area contributed by atoms with Crippen LogP contribution in [0.15, 0.2) is 16.6 Å². The highest BCUT2D eigenvalue weighted by atomic mass is 79.9. The quantitative estimate of drug-likeness (QED) is 0.839. The summed E-state index contributed by atoms with van der Waals surface area (Å²) in [6.07, 6.45) is 1.37. The van der Waals surface area contributed by atoms with E-state index in [-0.39, 0.29) is 12.1 Å². The number of carbonyl (C=O) groups excluding carboxylic acids is 1. The lowest BCUT2D eigenvalue weighted by Gasteiger charge is -2.37. The van der Waals surface area contributed by atoms with Crippen LogP contribution in [0.2, 0.25) is 0 Å². The molecule has 0 bridgehead atoms. The lowest BCUT2D eigenvalue weighted by Crippen LogP contribution is -2.52. The molecule has 0 aliphatic heterocycles. The average molecular weight is 387 g/mol. The average Bonchev–Trinajstić information content (AvgIpc) is 2.41. The lowest BCUT2D eigenvalue weighted by atomic mass is 9.89. The molecule has 1 fully saturated rings. The van der Waals surface area contributed by atoms with Gasteiger partial charge in [-0.25, -0.2) is 9.78 Å². The van der Waals surface area contributed by atoms with Gasteiger partial charge in [0.1, 0.15) is 5.60 Å². The van der Waals surface area contributed by atoms with Crippen LogP contribution in [0.4, 0.5) is 4.79 Å². The first-order valence-electron chi connectivity index (χ1n) is 7.58. The van der Waals surface area contributed by atoms with Crippen molar-refractivity contribution in [1.29, 1.82) is 0 Å². The summed E-state index contributed by atoms with van der Waals surface area (Å²) in [4.78, 5) is 16.1. The van der Waals surface area contributed by atoms with Crippen LogP contribution in [0.1, 0.15) is 39.3 Å². The number of carbonyl (C=O) groups is 1. The topological polar surface area (TPSA) is 69.7 Å². The van der Waals surface area contributed by atoms with Crippen molar-refractivity contribution in [3.63, 3.8) is 0 Å². The molecule has 0 saturated heterocycles. The summed E-state index contributed by atoms with van der Waals surface area (Å²) in [7, 11) is 1.58. The summed E-state index contributed by atoms with van der Waals surface area (Å²) in [5.41, 5.74) is 0.278. The van der Waals surface area contributed by atoms with Crippen LogP contribution in [0.3, 0.4) is 0 Å². The number of methoxy groups -OCH3 is 1. The molecule has 6 nitrogen and oxygen atoms in total. The first-order valence-corrected chi connectivity index (χ1v) is 8.38. The second-order valence-corrected chi connectivity index (χ2v) is 7.41. The minimum Gasteiger partial charge on any atom is -0.481 e. The summed E-state index contributed by atoms with van der Waals surface area (Å²) in [6, 6.07) is 3.66. The highest BCUT2D eigenvalue weighted by molar-refractivity contribution is 9.10. The number of aromatic nitrogens is 1. The van der Waals surface area contributed by atoms with Gasteiger partial charge in [0, 0.05) is 10.5 Å². The number of amides is 1. The van der Waals surface area contributed by atoms with E-state index < -0.39 is 11.7 Å². The van der Waals surface area contributed by atoms with Crippen LogP contribution in [-0.4, -0.2) is 35.9 Å². The second kappa shape index (κ2) is 7.49. The normalized spacial score (nSPS) is 20.6. The van der Waals surface area contributed by atoms with Gasteiger partial charge in [-0.15, -0.1) is 0 Å². The third kappa shape index (κ3) is 5.66. The maximum Gasteiger partial charge on any atom is 0.407 e. The van der Waals surface area contributed by atoms with Crippen LogP contribution in [0, 0.1) is 0 Å². The Morgan fingerprint density at radius 3 is 2.70 bits per heavy atom. The maximum absolute atomic E-state index is 11.8. The van der Waals surface area contributed by atoms with Gasteiger partial charge in [-0.2, -0.15) is 0 Å². The zero-order valence-electron chi connectivity index (χ0n) is 13.9. The molecule has 2 atom stereocenters. The predicted molar refractivity (Wildman–Crippen MR) is 89.5 cm³/mol. The zero-order valence-corrected chi connectivity index (χ0v) is 15.5. The van der Waals surface area contributed by atoms with Crippen LogP contribution in [0.5, 0.6) is 5.88 Å². The number of nitrogens with zero attached hydrogens (tertiary/aromatic N) is 1. The third-order valence-corrected chi connectivity index (χ3v) is 3.85. The SMILES string of the molecule is COc1cc(Br)cc(CO[C@@H]2CCC2NC(=O)OC(C)(C)C)n1. The number of hydrogen-bond acceptors (Lipinski definition) is 5. The van der Waals surface area contributed by atoms with Crippen molar-refractivity contribution in [2.24, 2.45) is 0 Å². The standard InChI is InChI=1S/C16H23BrN2O4/c1-16(2,3)23-15(20)19-12-5-6-13(12)22-9-11-7-10(17)8-14(18-11)21-4/h7-8,12-13H,5-6,9H2,1-4H3,(H,19,20)/t12?,13-/m1/s1. The Labute approximate surface area is 145 Å². The molecule has 1 aliphatic carbocycles. The van der Waals surface area contributed by atoms with E-state index in [1.807, 2.05) is 26.8 Å². The summed E-state index contributed by atoms with van der Waals surface area (Å²) in [5, 5.41) is 2.85. The van der Waals surface area contributed by atoms with E-state index >= 15 is 0 Å². The molecule has 1 unspecified atom stereocenters. The summed E-state index contributed by atoms with van der Waals surface area (Å²) in [5.74, 6) is 0.537. The Morgan fingerprint density at radius 1 is 1.39 bits per heavy atom. The van der Waals surface area contributed by atoms with Crippen molar-refractivity contribution < 1.29 is 19.0 Å². The maximum atomic E-state index is 11.8. The minimum absolute atomic E-state index is 0.0149. The third-order valence-electron chi connectivity index (χ3n) is 3.39. The monoisotopic (exact) mass is 386 g/mol. The molecule has 0 radical (unpaired) electrons. The Hall–Kier alpha value is -1.34. The van der Waals surface area contributed by atoms with E-state index in [4.69, 9.17) is 14.2 Å². The molecule has 7 heteroatoms. The number of pyridine rings is 1. The Balaban J connectivity index is 1.82. The number of alkyl carbamates (subject to hydrolysis) is 1. The molecule has 1 N–H and O–H groups in total. The fourth-order valence-electron chi connectivity index (χ4n) is 2.19. The van der Waals surface area contributed by atoms with Gasteiger partial charge < -0.3 is 19.5 Å².